The lowest BCUT2D eigenvalue weighted by atomic mass is 10.2. The van der Waals surface area contributed by atoms with E-state index in [1.165, 1.54) is 0 Å². The van der Waals surface area contributed by atoms with Gasteiger partial charge in [0.1, 0.15) is 22.5 Å². The molecule has 0 spiro atoms. The minimum absolute atomic E-state index is 0.461. The Kier molecular flexibility index (Phi) is 4.04. The van der Waals surface area contributed by atoms with Gasteiger partial charge in [-0.3, -0.25) is 0 Å². The molecule has 1 aromatic carbocycles. The monoisotopic (exact) mass is 367 g/mol. The number of hydrogen-bond acceptors (Lipinski definition) is 4. The van der Waals surface area contributed by atoms with Gasteiger partial charge >= 0.3 is 0 Å². The molecular weight excluding hydrogens is 354 g/mol. The molecule has 0 bridgehead atoms. The van der Waals surface area contributed by atoms with E-state index in [-0.39, 0.29) is 0 Å². The first-order valence-electron chi connectivity index (χ1n) is 6.73. The minimum atomic E-state index is 0.461. The number of methoxy groups -OCH3 is 1. The molecule has 3 rings (SSSR count). The van der Waals surface area contributed by atoms with Crippen LogP contribution in [0, 0.1) is 6.92 Å². The maximum absolute atomic E-state index is 6.22. The summed E-state index contributed by atoms with van der Waals surface area (Å²) in [6.45, 7) is 1.91. The molecule has 1 aromatic heterocycles. The van der Waals surface area contributed by atoms with E-state index in [0.717, 1.165) is 46.0 Å². The van der Waals surface area contributed by atoms with Crippen LogP contribution in [0.25, 0.3) is 0 Å². The van der Waals surface area contributed by atoms with Crippen molar-refractivity contribution < 1.29 is 4.74 Å². The van der Waals surface area contributed by atoms with Crippen LogP contribution >= 0.6 is 27.5 Å². The first-order chi connectivity index (χ1) is 10.1. The summed E-state index contributed by atoms with van der Waals surface area (Å²) < 4.78 is 6.21. The van der Waals surface area contributed by atoms with Crippen molar-refractivity contribution in [2.24, 2.45) is 0 Å². The first-order valence-corrected chi connectivity index (χ1v) is 7.90. The third kappa shape index (κ3) is 3.14. The van der Waals surface area contributed by atoms with Crippen molar-refractivity contribution in [1.29, 1.82) is 0 Å². The molecule has 1 heterocycles. The zero-order valence-electron chi connectivity index (χ0n) is 11.8. The van der Waals surface area contributed by atoms with Crippen LogP contribution < -0.4 is 10.1 Å². The first kappa shape index (κ1) is 14.6. The summed E-state index contributed by atoms with van der Waals surface area (Å²) in [4.78, 5) is 8.98. The Labute approximate surface area is 137 Å². The lowest BCUT2D eigenvalue weighted by Gasteiger charge is -2.12. The molecule has 1 saturated carbocycles. The molecule has 4 nitrogen and oxygen atoms in total. The molecule has 1 aliphatic carbocycles. The number of aromatic nitrogens is 2. The van der Waals surface area contributed by atoms with Crippen molar-refractivity contribution in [2.45, 2.75) is 25.7 Å². The van der Waals surface area contributed by atoms with E-state index in [9.17, 15) is 0 Å². The Morgan fingerprint density at radius 1 is 1.33 bits per heavy atom. The van der Waals surface area contributed by atoms with Crippen LogP contribution in [0.4, 0.5) is 11.5 Å². The molecule has 0 atom stereocenters. The van der Waals surface area contributed by atoms with Crippen molar-refractivity contribution in [3.8, 4) is 5.75 Å². The van der Waals surface area contributed by atoms with Crippen molar-refractivity contribution in [2.75, 3.05) is 12.4 Å². The normalized spacial score (nSPS) is 14.1. The Balaban J connectivity index is 1.93. The Hall–Kier alpha value is -1.33. The number of ether oxygens (including phenoxy) is 1. The SMILES string of the molecule is COc1cc(Nc2nc(C3CC3)nc(Cl)c2C)ccc1Br. The fourth-order valence-electron chi connectivity index (χ4n) is 2.03. The largest absolute Gasteiger partial charge is 0.495 e. The molecule has 0 radical (unpaired) electrons. The molecule has 0 amide bonds. The van der Waals surface area contributed by atoms with Crippen molar-refractivity contribution >= 4 is 39.0 Å². The second-order valence-corrected chi connectivity index (χ2v) is 6.31. The Morgan fingerprint density at radius 3 is 2.76 bits per heavy atom. The molecule has 0 unspecified atom stereocenters. The van der Waals surface area contributed by atoms with Crippen LogP contribution in [-0.2, 0) is 0 Å². The van der Waals surface area contributed by atoms with Gasteiger partial charge in [0.15, 0.2) is 0 Å². The quantitative estimate of drug-likeness (QED) is 0.785. The summed E-state index contributed by atoms with van der Waals surface area (Å²) in [5, 5.41) is 3.81. The minimum Gasteiger partial charge on any atom is -0.495 e. The molecule has 1 fully saturated rings. The lowest BCUT2D eigenvalue weighted by Crippen LogP contribution is -2.03. The van der Waals surface area contributed by atoms with Gasteiger partial charge in [0, 0.05) is 23.2 Å². The summed E-state index contributed by atoms with van der Waals surface area (Å²) in [6, 6.07) is 5.80. The molecule has 2 aromatic rings. The van der Waals surface area contributed by atoms with Gasteiger partial charge in [0.25, 0.3) is 0 Å². The fraction of sp³-hybridized carbons (Fsp3) is 0.333. The molecule has 6 heteroatoms. The van der Waals surface area contributed by atoms with Gasteiger partial charge in [-0.05, 0) is 47.8 Å². The molecule has 110 valence electrons. The van der Waals surface area contributed by atoms with Gasteiger partial charge in [0.2, 0.25) is 0 Å². The van der Waals surface area contributed by atoms with Gasteiger partial charge in [-0.15, -0.1) is 0 Å². The van der Waals surface area contributed by atoms with Crippen LogP contribution in [0.5, 0.6) is 5.75 Å². The molecule has 1 aliphatic rings. The fourth-order valence-corrected chi connectivity index (χ4v) is 2.61. The van der Waals surface area contributed by atoms with Crippen molar-refractivity contribution in [3.63, 3.8) is 0 Å². The smallest absolute Gasteiger partial charge is 0.138 e. The highest BCUT2D eigenvalue weighted by Crippen LogP contribution is 2.40. The highest BCUT2D eigenvalue weighted by molar-refractivity contribution is 9.10. The lowest BCUT2D eigenvalue weighted by molar-refractivity contribution is 0.412. The zero-order chi connectivity index (χ0) is 15.0. The van der Waals surface area contributed by atoms with Gasteiger partial charge in [-0.2, -0.15) is 0 Å². The van der Waals surface area contributed by atoms with Gasteiger partial charge in [-0.25, -0.2) is 9.97 Å². The summed E-state index contributed by atoms with van der Waals surface area (Å²) in [7, 11) is 1.64. The van der Waals surface area contributed by atoms with E-state index >= 15 is 0 Å². The maximum Gasteiger partial charge on any atom is 0.138 e. The van der Waals surface area contributed by atoms with Gasteiger partial charge in [0.05, 0.1) is 11.6 Å². The Morgan fingerprint density at radius 2 is 2.10 bits per heavy atom. The highest BCUT2D eigenvalue weighted by atomic mass is 79.9. The van der Waals surface area contributed by atoms with E-state index in [4.69, 9.17) is 16.3 Å². The number of anilines is 2. The third-order valence-corrected chi connectivity index (χ3v) is 4.48. The van der Waals surface area contributed by atoms with Gasteiger partial charge in [-0.1, -0.05) is 11.6 Å². The number of benzene rings is 1. The third-order valence-electron chi connectivity index (χ3n) is 3.46. The Bertz CT molecular complexity index is 689. The number of hydrogen-bond donors (Lipinski definition) is 1. The summed E-state index contributed by atoms with van der Waals surface area (Å²) in [6.07, 6.45) is 2.29. The van der Waals surface area contributed by atoms with Crippen LogP contribution in [0.15, 0.2) is 22.7 Å². The zero-order valence-corrected chi connectivity index (χ0v) is 14.1. The van der Waals surface area contributed by atoms with Crippen molar-refractivity contribution in [3.05, 3.63) is 39.2 Å². The topological polar surface area (TPSA) is 47.0 Å². The standard InChI is InChI=1S/C15H15BrClN3O/c1-8-13(17)19-15(9-3-4-9)20-14(8)18-10-5-6-11(16)12(7-10)21-2/h5-7,9H,3-4H2,1-2H3,(H,18,19,20). The van der Waals surface area contributed by atoms with Crippen LogP contribution in [0.2, 0.25) is 5.15 Å². The van der Waals surface area contributed by atoms with Gasteiger partial charge < -0.3 is 10.1 Å². The van der Waals surface area contributed by atoms with Crippen molar-refractivity contribution in [1.82, 2.24) is 9.97 Å². The second-order valence-electron chi connectivity index (χ2n) is 5.09. The predicted octanol–water partition coefficient (Wildman–Crippen LogP) is 4.83. The van der Waals surface area contributed by atoms with E-state index in [0.29, 0.717) is 11.1 Å². The molecule has 1 N–H and O–H groups in total. The van der Waals surface area contributed by atoms with E-state index in [1.54, 1.807) is 7.11 Å². The van der Waals surface area contributed by atoms with Crippen LogP contribution in [0.3, 0.4) is 0 Å². The van der Waals surface area contributed by atoms with Crippen LogP contribution in [-0.4, -0.2) is 17.1 Å². The molecule has 21 heavy (non-hydrogen) atoms. The number of halogens is 2. The molecule has 0 aliphatic heterocycles. The molecule has 0 saturated heterocycles. The number of rotatable bonds is 4. The summed E-state index contributed by atoms with van der Waals surface area (Å²) >= 11 is 9.66. The number of nitrogens with one attached hydrogen (secondary N) is 1. The summed E-state index contributed by atoms with van der Waals surface area (Å²) in [5.41, 5.74) is 1.75. The highest BCUT2D eigenvalue weighted by Gasteiger charge is 2.28. The van der Waals surface area contributed by atoms with Crippen LogP contribution in [0.1, 0.15) is 30.1 Å². The van der Waals surface area contributed by atoms with E-state index in [1.807, 2.05) is 25.1 Å². The van der Waals surface area contributed by atoms with E-state index in [2.05, 4.69) is 31.2 Å². The summed E-state index contributed by atoms with van der Waals surface area (Å²) in [5.74, 6) is 2.81. The predicted molar refractivity (Wildman–Crippen MR) is 87.7 cm³/mol. The second kappa shape index (κ2) is 5.81. The van der Waals surface area contributed by atoms with E-state index < -0.39 is 0 Å². The average Bonchev–Trinajstić information content (AvgIpc) is 3.30. The number of nitrogens with zero attached hydrogens (tertiary/aromatic N) is 2. The maximum atomic E-state index is 6.22. The molecular formula is C15H15BrClN3O. The average molecular weight is 369 g/mol.